The molecule has 4 N–H and O–H groups in total. The number of thioether (sulfide) groups is 1. The first-order valence-electron chi connectivity index (χ1n) is 14.0. The molecule has 2 aliphatic rings. The molecule has 2 aromatic carbocycles. The van der Waals surface area contributed by atoms with Gasteiger partial charge in [0.2, 0.25) is 5.91 Å². The van der Waals surface area contributed by atoms with Crippen molar-refractivity contribution in [2.75, 3.05) is 39.0 Å². The summed E-state index contributed by atoms with van der Waals surface area (Å²) in [6.07, 6.45) is 2.76. The summed E-state index contributed by atoms with van der Waals surface area (Å²) in [5.41, 5.74) is -0.0390. The molecule has 0 aromatic heterocycles. The highest BCUT2D eigenvalue weighted by Crippen LogP contribution is 2.51. The number of halogens is 1. The third kappa shape index (κ3) is 8.53. The van der Waals surface area contributed by atoms with E-state index in [1.807, 2.05) is 11.9 Å². The molecule has 0 saturated carbocycles. The maximum absolute atomic E-state index is 13.2. The highest BCUT2D eigenvalue weighted by atomic mass is 32.2. The maximum atomic E-state index is 13.2. The number of fused-ring (bicyclic) bond motifs is 1. The van der Waals surface area contributed by atoms with Gasteiger partial charge in [0.25, 0.3) is 11.6 Å². The van der Waals surface area contributed by atoms with Crippen molar-refractivity contribution in [2.45, 2.75) is 50.5 Å². The van der Waals surface area contributed by atoms with Crippen molar-refractivity contribution in [3.05, 3.63) is 64.0 Å². The Balaban J connectivity index is 1.11. The number of urea groups is 1. The van der Waals surface area contributed by atoms with E-state index in [1.165, 1.54) is 42.5 Å². The van der Waals surface area contributed by atoms with Crippen molar-refractivity contribution in [3.63, 3.8) is 0 Å². The van der Waals surface area contributed by atoms with E-state index in [9.17, 15) is 28.9 Å². The minimum absolute atomic E-state index is 0.0339. The molecule has 11 nitrogen and oxygen atoms in total. The zero-order chi connectivity index (χ0) is 31.9. The number of nitro groups is 1. The zero-order valence-electron chi connectivity index (χ0n) is 24.0. The number of unbranched alkanes of at least 4 members (excludes halogenated alkanes) is 1. The minimum atomic E-state index is -0.724. The second-order valence-corrected chi connectivity index (χ2v) is 14.4. The lowest BCUT2D eigenvalue weighted by Gasteiger charge is -2.33. The van der Waals surface area contributed by atoms with E-state index in [2.05, 4.69) is 33.9 Å². The highest BCUT2D eigenvalue weighted by Gasteiger charge is 2.62. The number of hydrogen-bond donors (Lipinski definition) is 6. The fourth-order valence-corrected chi connectivity index (χ4v) is 8.70. The van der Waals surface area contributed by atoms with Gasteiger partial charge < -0.3 is 26.2 Å². The van der Waals surface area contributed by atoms with Crippen molar-refractivity contribution in [2.24, 2.45) is 0 Å². The lowest BCUT2D eigenvalue weighted by atomic mass is 10.0. The normalized spacial score (nSPS) is 22.3. The van der Waals surface area contributed by atoms with E-state index < -0.39 is 26.4 Å². The molecular formula is C28H35FN6O5S4. The summed E-state index contributed by atoms with van der Waals surface area (Å²) >= 11 is 12.2. The van der Waals surface area contributed by atoms with E-state index in [4.69, 9.17) is 12.6 Å². The first-order valence-corrected chi connectivity index (χ1v) is 16.8. The predicted octanol–water partition coefficient (Wildman–Crippen LogP) is 3.90. The zero-order valence-corrected chi connectivity index (χ0v) is 27.4. The standard InChI is InChI=1S/C28H35FN6O5S4/c1-34(14-12-30-24(36)5-3-2-4-23-28(42)27(41,17-43-23)32-26(38)33-28)15-13-31-25(37)18-6-11-22(21(16-18)35(39)40)44-20-9-7-19(29)8-10-20/h6-11,16,23,41-42H,2-5,12-15,17H2,1H3,(H,30,36)(H,31,37)(H2,32,33,38). The Morgan fingerprint density at radius 3 is 2.55 bits per heavy atom. The molecule has 0 aliphatic carbocycles. The molecule has 2 aromatic rings. The van der Waals surface area contributed by atoms with Crippen LogP contribution >= 0.6 is 48.8 Å². The number of likely N-dealkylation sites (N-methyl/N-ethyl adjacent to an activating group) is 1. The molecule has 2 saturated heterocycles. The second-order valence-electron chi connectivity index (χ2n) is 10.7. The van der Waals surface area contributed by atoms with Crippen LogP contribution in [0.25, 0.3) is 0 Å². The average Bonchev–Trinajstić information content (AvgIpc) is 3.35. The smallest absolute Gasteiger partial charge is 0.317 e. The van der Waals surface area contributed by atoms with Gasteiger partial charge in [0.1, 0.15) is 15.6 Å². The van der Waals surface area contributed by atoms with Gasteiger partial charge in [-0.2, -0.15) is 11.8 Å². The van der Waals surface area contributed by atoms with Gasteiger partial charge in [-0.1, -0.05) is 18.2 Å². The summed E-state index contributed by atoms with van der Waals surface area (Å²) in [6.45, 7) is 1.88. The Kier molecular flexibility index (Phi) is 11.7. The van der Waals surface area contributed by atoms with E-state index in [-0.39, 0.29) is 28.4 Å². The topological polar surface area (TPSA) is 146 Å². The van der Waals surface area contributed by atoms with Crippen LogP contribution in [0, 0.1) is 15.9 Å². The average molecular weight is 683 g/mol. The Morgan fingerprint density at radius 1 is 1.14 bits per heavy atom. The lowest BCUT2D eigenvalue weighted by molar-refractivity contribution is -0.387. The first kappa shape index (κ1) is 34.2. The van der Waals surface area contributed by atoms with Gasteiger partial charge in [0.05, 0.1) is 9.82 Å². The third-order valence-corrected chi connectivity index (χ3v) is 12.0. The monoisotopic (exact) mass is 682 g/mol. The highest BCUT2D eigenvalue weighted by molar-refractivity contribution is 8.03. The summed E-state index contributed by atoms with van der Waals surface area (Å²) in [4.78, 5) is 49.3. The fourth-order valence-electron chi connectivity index (χ4n) is 4.90. The van der Waals surface area contributed by atoms with Crippen LogP contribution in [-0.4, -0.2) is 81.6 Å². The summed E-state index contributed by atoms with van der Waals surface area (Å²) in [6, 6.07) is 9.63. The van der Waals surface area contributed by atoms with Gasteiger partial charge >= 0.3 is 6.03 Å². The van der Waals surface area contributed by atoms with E-state index in [0.717, 1.165) is 31.0 Å². The van der Waals surface area contributed by atoms with Crippen molar-refractivity contribution >= 4 is 72.3 Å². The minimum Gasteiger partial charge on any atom is -0.355 e. The Bertz CT molecular complexity index is 1390. The molecule has 3 atom stereocenters. The number of nitrogens with one attached hydrogen (secondary N) is 4. The molecule has 0 spiro atoms. The van der Waals surface area contributed by atoms with Crippen LogP contribution < -0.4 is 21.3 Å². The molecule has 2 aliphatic heterocycles. The number of rotatable bonds is 15. The van der Waals surface area contributed by atoms with Crippen LogP contribution in [0.2, 0.25) is 0 Å². The van der Waals surface area contributed by atoms with Gasteiger partial charge in [-0.25, -0.2) is 9.18 Å². The van der Waals surface area contributed by atoms with Gasteiger partial charge in [-0.3, -0.25) is 19.7 Å². The second kappa shape index (κ2) is 15.1. The molecule has 3 unspecified atom stereocenters. The number of carbonyl (C=O) groups excluding carboxylic acids is 3. The lowest BCUT2D eigenvalue weighted by Crippen LogP contribution is -2.55. The van der Waals surface area contributed by atoms with Gasteiger partial charge in [0.15, 0.2) is 0 Å². The van der Waals surface area contributed by atoms with E-state index in [0.29, 0.717) is 48.1 Å². The molecule has 2 heterocycles. The molecule has 44 heavy (non-hydrogen) atoms. The molecule has 0 radical (unpaired) electrons. The number of hydrogen-bond acceptors (Lipinski definition) is 10. The predicted molar refractivity (Wildman–Crippen MR) is 176 cm³/mol. The molecular weight excluding hydrogens is 648 g/mol. The van der Waals surface area contributed by atoms with Crippen LogP contribution in [0.5, 0.6) is 0 Å². The molecule has 0 bridgehead atoms. The maximum Gasteiger partial charge on any atom is 0.317 e. The SMILES string of the molecule is CN(CCNC(=O)CCCCC1SCC2(S)NC(=O)NC12S)CCNC(=O)c1ccc(Sc2ccc(F)cc2)c([N+](=O)[O-])c1. The number of thiol groups is 2. The number of carbonyl (C=O) groups is 3. The van der Waals surface area contributed by atoms with Crippen LogP contribution in [0.3, 0.4) is 0 Å². The van der Waals surface area contributed by atoms with Crippen LogP contribution in [0.15, 0.2) is 52.3 Å². The van der Waals surface area contributed by atoms with Crippen molar-refractivity contribution < 1.29 is 23.7 Å². The number of benzene rings is 2. The van der Waals surface area contributed by atoms with Crippen molar-refractivity contribution in [1.29, 1.82) is 0 Å². The number of nitrogens with zero attached hydrogens (tertiary/aromatic N) is 2. The van der Waals surface area contributed by atoms with E-state index in [1.54, 1.807) is 11.8 Å². The molecule has 4 amide bonds. The third-order valence-electron chi connectivity index (χ3n) is 7.39. The van der Waals surface area contributed by atoms with Crippen LogP contribution in [0.4, 0.5) is 14.9 Å². The molecule has 2 fully saturated rings. The first-order chi connectivity index (χ1) is 20.9. The largest absolute Gasteiger partial charge is 0.355 e. The van der Waals surface area contributed by atoms with Gasteiger partial charge in [0, 0.05) is 60.1 Å². The Hall–Kier alpha value is -2.66. The fraction of sp³-hybridized carbons (Fsp3) is 0.464. The van der Waals surface area contributed by atoms with Crippen molar-refractivity contribution in [1.82, 2.24) is 26.2 Å². The molecule has 16 heteroatoms. The summed E-state index contributed by atoms with van der Waals surface area (Å²) in [5, 5.41) is 23.1. The number of amides is 4. The Morgan fingerprint density at radius 2 is 1.84 bits per heavy atom. The summed E-state index contributed by atoms with van der Waals surface area (Å²) in [7, 11) is 1.87. The summed E-state index contributed by atoms with van der Waals surface area (Å²) < 4.78 is 13.2. The molecule has 4 rings (SSSR count). The molecule has 238 valence electrons. The quantitative estimate of drug-likeness (QED) is 0.0546. The number of nitro benzene ring substituents is 1. The van der Waals surface area contributed by atoms with Gasteiger partial charge in [-0.05, 0) is 56.3 Å². The van der Waals surface area contributed by atoms with Crippen LogP contribution in [-0.2, 0) is 4.79 Å². The van der Waals surface area contributed by atoms with Crippen molar-refractivity contribution in [3.8, 4) is 0 Å². The Labute approximate surface area is 274 Å². The van der Waals surface area contributed by atoms with E-state index >= 15 is 0 Å². The van der Waals surface area contributed by atoms with Crippen LogP contribution in [0.1, 0.15) is 36.0 Å². The van der Waals surface area contributed by atoms with Gasteiger partial charge in [-0.15, -0.1) is 25.3 Å². The summed E-state index contributed by atoms with van der Waals surface area (Å²) in [5.74, 6) is -0.200.